The van der Waals surface area contributed by atoms with Gasteiger partial charge in [-0.15, -0.1) is 0 Å². The first kappa shape index (κ1) is 17.8. The van der Waals surface area contributed by atoms with E-state index in [1.165, 1.54) is 32.1 Å². The summed E-state index contributed by atoms with van der Waals surface area (Å²) in [6.07, 6.45) is 3.46. The molecule has 4 heteroatoms. The lowest BCUT2D eigenvalue weighted by molar-refractivity contribution is -0.136. The van der Waals surface area contributed by atoms with Crippen molar-refractivity contribution in [1.82, 2.24) is 5.32 Å². The first-order valence-corrected chi connectivity index (χ1v) is 8.26. The molecule has 0 aromatic heterocycles. The summed E-state index contributed by atoms with van der Waals surface area (Å²) in [6, 6.07) is 0.284. The van der Waals surface area contributed by atoms with E-state index in [9.17, 15) is 13.2 Å². The van der Waals surface area contributed by atoms with E-state index in [0.717, 1.165) is 18.9 Å². The maximum absolute atomic E-state index is 12.3. The molecule has 0 heterocycles. The molecular formula is C16H30F3N. The molecule has 1 saturated carbocycles. The van der Waals surface area contributed by atoms with E-state index in [0.29, 0.717) is 12.3 Å². The van der Waals surface area contributed by atoms with Crippen molar-refractivity contribution < 1.29 is 13.2 Å². The number of halogens is 3. The average molecular weight is 293 g/mol. The minimum atomic E-state index is -4.01. The van der Waals surface area contributed by atoms with Crippen molar-refractivity contribution in [3.05, 3.63) is 0 Å². The highest BCUT2D eigenvalue weighted by Crippen LogP contribution is 2.34. The van der Waals surface area contributed by atoms with Crippen LogP contribution in [-0.2, 0) is 0 Å². The number of nitrogens with one attached hydrogen (secondary N) is 1. The van der Waals surface area contributed by atoms with Gasteiger partial charge in [0.25, 0.3) is 0 Å². The minimum Gasteiger partial charge on any atom is -0.314 e. The Bertz CT molecular complexity index is 253. The molecule has 20 heavy (non-hydrogen) atoms. The second kappa shape index (κ2) is 8.91. The summed E-state index contributed by atoms with van der Waals surface area (Å²) in [6.45, 7) is 5.25. The van der Waals surface area contributed by atoms with Crippen molar-refractivity contribution in [2.75, 3.05) is 6.54 Å². The molecule has 0 amide bonds. The van der Waals surface area contributed by atoms with Crippen molar-refractivity contribution in [1.29, 1.82) is 0 Å². The predicted octanol–water partition coefficient (Wildman–Crippen LogP) is 5.30. The zero-order chi connectivity index (χ0) is 15.0. The molecule has 1 N–H and O–H groups in total. The average Bonchev–Trinajstić information content (AvgIpc) is 2.41. The van der Waals surface area contributed by atoms with Gasteiger partial charge in [-0.3, -0.25) is 0 Å². The maximum Gasteiger partial charge on any atom is 0.389 e. The first-order valence-electron chi connectivity index (χ1n) is 8.26. The highest BCUT2D eigenvalue weighted by atomic mass is 19.4. The molecule has 0 saturated heterocycles. The van der Waals surface area contributed by atoms with Crippen LogP contribution in [0, 0.1) is 11.8 Å². The van der Waals surface area contributed by atoms with E-state index < -0.39 is 12.6 Å². The molecule has 1 nitrogen and oxygen atoms in total. The summed E-state index contributed by atoms with van der Waals surface area (Å²) < 4.78 is 36.9. The molecule has 3 unspecified atom stereocenters. The van der Waals surface area contributed by atoms with Crippen LogP contribution in [0.1, 0.15) is 71.6 Å². The molecule has 1 aliphatic carbocycles. The van der Waals surface area contributed by atoms with E-state index >= 15 is 0 Å². The molecular weight excluding hydrogens is 263 g/mol. The lowest BCUT2D eigenvalue weighted by Gasteiger charge is -2.35. The zero-order valence-electron chi connectivity index (χ0n) is 12.9. The smallest absolute Gasteiger partial charge is 0.314 e. The summed E-state index contributed by atoms with van der Waals surface area (Å²) in [5, 5.41) is 3.50. The molecule has 0 radical (unpaired) electrons. The summed E-state index contributed by atoms with van der Waals surface area (Å²) in [7, 11) is 0. The van der Waals surface area contributed by atoms with Crippen LogP contribution < -0.4 is 5.32 Å². The topological polar surface area (TPSA) is 12.0 Å². The van der Waals surface area contributed by atoms with E-state index in [2.05, 4.69) is 19.2 Å². The van der Waals surface area contributed by atoms with Crippen LogP contribution in [0.25, 0.3) is 0 Å². The number of hydrogen-bond acceptors (Lipinski definition) is 1. The maximum atomic E-state index is 12.3. The van der Waals surface area contributed by atoms with Crippen LogP contribution in [0.4, 0.5) is 13.2 Å². The Hall–Kier alpha value is -0.250. The second-order valence-corrected chi connectivity index (χ2v) is 6.27. The molecule has 120 valence electrons. The van der Waals surface area contributed by atoms with Gasteiger partial charge in [-0.05, 0) is 50.5 Å². The fourth-order valence-electron chi connectivity index (χ4n) is 3.43. The number of alkyl halides is 3. The van der Waals surface area contributed by atoms with Gasteiger partial charge < -0.3 is 5.32 Å². The molecule has 3 atom stereocenters. The Morgan fingerprint density at radius 1 is 1.20 bits per heavy atom. The van der Waals surface area contributed by atoms with Crippen LogP contribution >= 0.6 is 0 Å². The molecule has 0 aromatic carbocycles. The lowest BCUT2D eigenvalue weighted by Crippen LogP contribution is -2.39. The van der Waals surface area contributed by atoms with Crippen LogP contribution in [0.2, 0.25) is 0 Å². The Balaban J connectivity index is 2.45. The summed E-state index contributed by atoms with van der Waals surface area (Å²) in [5.41, 5.74) is 0. The standard InChI is InChI=1S/C16H30F3N/c1-3-11-20-15(9-6-10-16(17,18)19)14-8-5-7-13(4-2)12-14/h13-15,20H,3-12H2,1-2H3. The van der Waals surface area contributed by atoms with Crippen molar-refractivity contribution in [2.45, 2.75) is 83.9 Å². The van der Waals surface area contributed by atoms with Crippen molar-refractivity contribution in [3.63, 3.8) is 0 Å². The number of rotatable bonds is 8. The van der Waals surface area contributed by atoms with E-state index in [1.807, 2.05) is 0 Å². The van der Waals surface area contributed by atoms with Crippen molar-refractivity contribution >= 4 is 0 Å². The Morgan fingerprint density at radius 2 is 1.95 bits per heavy atom. The monoisotopic (exact) mass is 293 g/mol. The third-order valence-electron chi connectivity index (χ3n) is 4.60. The van der Waals surface area contributed by atoms with Gasteiger partial charge in [-0.25, -0.2) is 0 Å². The lowest BCUT2D eigenvalue weighted by atomic mass is 9.75. The van der Waals surface area contributed by atoms with Gasteiger partial charge in [0, 0.05) is 12.5 Å². The van der Waals surface area contributed by atoms with Gasteiger partial charge in [0.1, 0.15) is 0 Å². The predicted molar refractivity (Wildman–Crippen MR) is 77.7 cm³/mol. The molecule has 0 aromatic rings. The van der Waals surface area contributed by atoms with Crippen LogP contribution in [0.5, 0.6) is 0 Å². The summed E-state index contributed by atoms with van der Waals surface area (Å²) in [5.74, 6) is 1.36. The highest BCUT2D eigenvalue weighted by molar-refractivity contribution is 4.82. The molecule has 1 fully saturated rings. The van der Waals surface area contributed by atoms with Gasteiger partial charge in [-0.2, -0.15) is 13.2 Å². The van der Waals surface area contributed by atoms with Gasteiger partial charge in [0.2, 0.25) is 0 Å². The fraction of sp³-hybridized carbons (Fsp3) is 1.00. The van der Waals surface area contributed by atoms with E-state index in [4.69, 9.17) is 0 Å². The molecule has 1 rings (SSSR count). The van der Waals surface area contributed by atoms with E-state index in [-0.39, 0.29) is 12.5 Å². The fourth-order valence-corrected chi connectivity index (χ4v) is 3.43. The number of hydrogen-bond donors (Lipinski definition) is 1. The van der Waals surface area contributed by atoms with Crippen LogP contribution in [0.15, 0.2) is 0 Å². The van der Waals surface area contributed by atoms with Crippen LogP contribution in [0.3, 0.4) is 0 Å². The van der Waals surface area contributed by atoms with Gasteiger partial charge in [0.05, 0.1) is 0 Å². The zero-order valence-corrected chi connectivity index (χ0v) is 12.9. The van der Waals surface area contributed by atoms with Crippen molar-refractivity contribution in [3.8, 4) is 0 Å². The highest BCUT2D eigenvalue weighted by Gasteiger charge is 2.30. The quantitative estimate of drug-likeness (QED) is 0.640. The normalized spacial score (nSPS) is 25.6. The Kier molecular flexibility index (Phi) is 7.93. The Labute approximate surface area is 121 Å². The third kappa shape index (κ3) is 6.96. The van der Waals surface area contributed by atoms with Gasteiger partial charge >= 0.3 is 6.18 Å². The van der Waals surface area contributed by atoms with Gasteiger partial charge in [0.15, 0.2) is 0 Å². The summed E-state index contributed by atoms with van der Waals surface area (Å²) in [4.78, 5) is 0. The SMILES string of the molecule is CCCNC(CCCC(F)(F)F)C1CCCC(CC)C1. The molecule has 0 aliphatic heterocycles. The third-order valence-corrected chi connectivity index (χ3v) is 4.60. The summed E-state index contributed by atoms with van der Waals surface area (Å²) >= 11 is 0. The van der Waals surface area contributed by atoms with Crippen LogP contribution in [-0.4, -0.2) is 18.8 Å². The van der Waals surface area contributed by atoms with E-state index in [1.54, 1.807) is 0 Å². The molecule has 1 aliphatic rings. The second-order valence-electron chi connectivity index (χ2n) is 6.27. The van der Waals surface area contributed by atoms with Gasteiger partial charge in [-0.1, -0.05) is 33.1 Å². The molecule has 0 bridgehead atoms. The minimum absolute atomic E-state index is 0.262. The van der Waals surface area contributed by atoms with Crippen molar-refractivity contribution in [2.24, 2.45) is 11.8 Å². The first-order chi connectivity index (χ1) is 9.46. The molecule has 0 spiro atoms. The Morgan fingerprint density at radius 3 is 2.55 bits per heavy atom. The largest absolute Gasteiger partial charge is 0.389 e.